The summed E-state index contributed by atoms with van der Waals surface area (Å²) >= 11 is 11.8. The topological polar surface area (TPSA) is 105 Å². The highest BCUT2D eigenvalue weighted by Gasteiger charge is 2.45. The number of hydrogen-bond donors (Lipinski definition) is 0. The predicted molar refractivity (Wildman–Crippen MR) is 139 cm³/mol. The van der Waals surface area contributed by atoms with Crippen LogP contribution in [0.1, 0.15) is 33.2 Å². The van der Waals surface area contributed by atoms with Gasteiger partial charge in [0.25, 0.3) is 6.47 Å². The normalized spacial score (nSPS) is 13.9. The molecule has 0 fully saturated rings. The first kappa shape index (κ1) is 28.8. The second kappa shape index (κ2) is 13.7. The van der Waals surface area contributed by atoms with E-state index in [9.17, 15) is 19.2 Å². The van der Waals surface area contributed by atoms with Gasteiger partial charge in [0.2, 0.25) is 0 Å². The Hall–Kier alpha value is -3.72. The molecule has 10 heteroatoms. The van der Waals surface area contributed by atoms with Crippen molar-refractivity contribution in [2.75, 3.05) is 6.61 Å². The van der Waals surface area contributed by atoms with Crippen molar-refractivity contribution in [2.24, 2.45) is 0 Å². The third-order valence-electron chi connectivity index (χ3n) is 5.53. The van der Waals surface area contributed by atoms with Crippen molar-refractivity contribution in [2.45, 2.75) is 31.3 Å². The van der Waals surface area contributed by atoms with Gasteiger partial charge in [-0.05, 0) is 61.0 Å². The summed E-state index contributed by atoms with van der Waals surface area (Å²) in [5.41, 5.74) is -0.724. The molecule has 3 rings (SSSR count). The Labute approximate surface area is 229 Å². The first-order valence-corrected chi connectivity index (χ1v) is 12.1. The highest BCUT2D eigenvalue weighted by molar-refractivity contribution is 6.31. The van der Waals surface area contributed by atoms with Crippen LogP contribution in [0.3, 0.4) is 0 Å². The smallest absolute Gasteiger partial charge is 0.338 e. The number of carbonyl (C=O) groups is 4. The van der Waals surface area contributed by atoms with Gasteiger partial charge < -0.3 is 18.9 Å². The number of benzene rings is 3. The third-order valence-corrected chi connectivity index (χ3v) is 6.03. The zero-order valence-electron chi connectivity index (χ0n) is 20.3. The van der Waals surface area contributed by atoms with E-state index in [2.05, 4.69) is 0 Å². The minimum atomic E-state index is -1.78. The van der Waals surface area contributed by atoms with E-state index in [1.807, 2.05) is 6.07 Å². The van der Waals surface area contributed by atoms with Gasteiger partial charge >= 0.3 is 11.9 Å². The molecule has 0 spiro atoms. The van der Waals surface area contributed by atoms with Crippen LogP contribution in [-0.4, -0.2) is 49.1 Å². The van der Waals surface area contributed by atoms with E-state index < -0.39 is 36.4 Å². The molecule has 0 saturated carbocycles. The number of halogens is 2. The van der Waals surface area contributed by atoms with Gasteiger partial charge in [-0.25, -0.2) is 9.59 Å². The van der Waals surface area contributed by atoms with Gasteiger partial charge in [-0.2, -0.15) is 0 Å². The number of carbonyl (C=O) groups excluding carboxylic acids is 4. The van der Waals surface area contributed by atoms with Crippen molar-refractivity contribution in [1.29, 1.82) is 0 Å². The van der Waals surface area contributed by atoms with Crippen molar-refractivity contribution < 1.29 is 38.1 Å². The molecule has 38 heavy (non-hydrogen) atoms. The standard InChI is InChI=1S/C28H24Cl2O8/c1-28(17-31,37-15-19-5-3-2-4-6-19)25(36-18-32)24(38-27(34)21-9-13-23(30)14-10-21)16-35-26(33)20-7-11-22(29)12-8-20/h2-14,17-18,24-25H,15-16H2,1H3/t24-,25-,28+/m1/s1. The van der Waals surface area contributed by atoms with E-state index in [-0.39, 0.29) is 24.2 Å². The predicted octanol–water partition coefficient (Wildman–Crippen LogP) is 5.09. The monoisotopic (exact) mass is 558 g/mol. The molecule has 3 atom stereocenters. The fourth-order valence-electron chi connectivity index (χ4n) is 3.45. The van der Waals surface area contributed by atoms with Gasteiger partial charge in [0, 0.05) is 10.0 Å². The lowest BCUT2D eigenvalue weighted by Crippen LogP contribution is -2.54. The zero-order valence-corrected chi connectivity index (χ0v) is 21.8. The van der Waals surface area contributed by atoms with E-state index in [1.165, 1.54) is 55.5 Å². The van der Waals surface area contributed by atoms with Gasteiger partial charge in [-0.15, -0.1) is 0 Å². The van der Waals surface area contributed by atoms with Gasteiger partial charge in [-0.3, -0.25) is 9.59 Å². The Morgan fingerprint density at radius 1 is 0.842 bits per heavy atom. The molecule has 0 bridgehead atoms. The lowest BCUT2D eigenvalue weighted by atomic mass is 9.95. The van der Waals surface area contributed by atoms with Crippen LogP contribution in [0.5, 0.6) is 0 Å². The largest absolute Gasteiger partial charge is 0.458 e. The van der Waals surface area contributed by atoms with Crippen LogP contribution in [0.25, 0.3) is 0 Å². The first-order valence-electron chi connectivity index (χ1n) is 11.4. The Morgan fingerprint density at radius 2 is 1.39 bits per heavy atom. The second-order valence-corrected chi connectivity index (χ2v) is 9.16. The number of hydrogen-bond acceptors (Lipinski definition) is 8. The molecule has 3 aromatic rings. The van der Waals surface area contributed by atoms with Crippen molar-refractivity contribution >= 4 is 47.9 Å². The van der Waals surface area contributed by atoms with Crippen molar-refractivity contribution in [1.82, 2.24) is 0 Å². The lowest BCUT2D eigenvalue weighted by molar-refractivity contribution is -0.183. The molecule has 0 aliphatic heterocycles. The quantitative estimate of drug-likeness (QED) is 0.162. The van der Waals surface area contributed by atoms with Gasteiger partial charge in [-0.1, -0.05) is 53.5 Å². The highest BCUT2D eigenvalue weighted by Crippen LogP contribution is 2.25. The number of aldehydes is 1. The summed E-state index contributed by atoms with van der Waals surface area (Å²) in [6.07, 6.45) is -2.46. The van der Waals surface area contributed by atoms with Crippen molar-refractivity contribution in [3.63, 3.8) is 0 Å². The summed E-state index contributed by atoms with van der Waals surface area (Å²) < 4.78 is 22.0. The summed E-state index contributed by atoms with van der Waals surface area (Å²) in [4.78, 5) is 49.3. The molecule has 0 unspecified atom stereocenters. The summed E-state index contributed by atoms with van der Waals surface area (Å²) in [5, 5.41) is 0.827. The molecular formula is C28H24Cl2O8. The maximum Gasteiger partial charge on any atom is 0.338 e. The highest BCUT2D eigenvalue weighted by atomic mass is 35.5. The van der Waals surface area contributed by atoms with E-state index in [1.54, 1.807) is 24.3 Å². The van der Waals surface area contributed by atoms with Crippen LogP contribution in [0, 0.1) is 0 Å². The molecule has 0 aliphatic rings. The van der Waals surface area contributed by atoms with Crippen LogP contribution in [0.4, 0.5) is 0 Å². The van der Waals surface area contributed by atoms with Gasteiger partial charge in [0.15, 0.2) is 24.1 Å². The molecule has 0 N–H and O–H groups in total. The first-order chi connectivity index (χ1) is 18.3. The molecule has 3 aromatic carbocycles. The molecule has 0 radical (unpaired) electrons. The number of ether oxygens (including phenoxy) is 4. The maximum absolute atomic E-state index is 12.9. The van der Waals surface area contributed by atoms with Crippen LogP contribution in [-0.2, 0) is 35.1 Å². The van der Waals surface area contributed by atoms with E-state index in [0.717, 1.165) is 5.56 Å². The Balaban J connectivity index is 1.87. The zero-order chi connectivity index (χ0) is 27.5. The Morgan fingerprint density at radius 3 is 1.92 bits per heavy atom. The molecule has 0 heterocycles. The molecule has 0 saturated heterocycles. The Bertz CT molecular complexity index is 1230. The summed E-state index contributed by atoms with van der Waals surface area (Å²) in [6, 6.07) is 20.8. The van der Waals surface area contributed by atoms with Crippen LogP contribution < -0.4 is 0 Å². The molecule has 0 aromatic heterocycles. The molecule has 8 nitrogen and oxygen atoms in total. The van der Waals surface area contributed by atoms with Crippen LogP contribution >= 0.6 is 23.2 Å². The van der Waals surface area contributed by atoms with Crippen LogP contribution in [0.2, 0.25) is 10.0 Å². The van der Waals surface area contributed by atoms with Crippen molar-refractivity contribution in [3.05, 3.63) is 106 Å². The fraction of sp³-hybridized carbons (Fsp3) is 0.214. The summed E-state index contributed by atoms with van der Waals surface area (Å²) in [6.45, 7) is 0.901. The van der Waals surface area contributed by atoms with Crippen molar-refractivity contribution in [3.8, 4) is 0 Å². The maximum atomic E-state index is 12.9. The molecule has 198 valence electrons. The van der Waals surface area contributed by atoms with E-state index in [4.69, 9.17) is 42.1 Å². The number of esters is 2. The Kier molecular flexibility index (Phi) is 10.4. The third kappa shape index (κ3) is 7.89. The molecule has 0 amide bonds. The minimum absolute atomic E-state index is 0.0167. The molecule has 0 aliphatic carbocycles. The van der Waals surface area contributed by atoms with Crippen LogP contribution in [0.15, 0.2) is 78.9 Å². The summed E-state index contributed by atoms with van der Waals surface area (Å²) in [5.74, 6) is -1.58. The van der Waals surface area contributed by atoms with E-state index in [0.29, 0.717) is 16.3 Å². The average molecular weight is 559 g/mol. The molecular weight excluding hydrogens is 535 g/mol. The number of rotatable bonds is 13. The lowest BCUT2D eigenvalue weighted by Gasteiger charge is -2.35. The average Bonchev–Trinajstić information content (AvgIpc) is 2.94. The SMILES string of the molecule is C[C@@](C=O)(OCc1ccccc1)[C@H](OC=O)[C@@H](COC(=O)c1ccc(Cl)cc1)OC(=O)c1ccc(Cl)cc1. The van der Waals surface area contributed by atoms with E-state index >= 15 is 0 Å². The fourth-order valence-corrected chi connectivity index (χ4v) is 3.70. The minimum Gasteiger partial charge on any atom is -0.458 e. The summed E-state index contributed by atoms with van der Waals surface area (Å²) in [7, 11) is 0. The second-order valence-electron chi connectivity index (χ2n) is 8.28. The van der Waals surface area contributed by atoms with Gasteiger partial charge in [0.05, 0.1) is 17.7 Å². The van der Waals surface area contributed by atoms with Gasteiger partial charge in [0.1, 0.15) is 6.61 Å².